The van der Waals surface area contributed by atoms with Crippen LogP contribution < -0.4 is 4.74 Å². The molecule has 1 atom stereocenters. The van der Waals surface area contributed by atoms with Gasteiger partial charge < -0.3 is 18.9 Å². The third kappa shape index (κ3) is 2.29. The Hall–Kier alpha value is -1.30. The fraction of sp³-hybridized carbons (Fsp3) is 0.533. The zero-order valence-corrected chi connectivity index (χ0v) is 12.7. The molecule has 21 heavy (non-hydrogen) atoms. The Morgan fingerprint density at radius 1 is 1.33 bits per heavy atom. The Morgan fingerprint density at radius 3 is 2.67 bits per heavy atom. The molecule has 0 N–H and O–H groups in total. The van der Waals surface area contributed by atoms with Crippen LogP contribution >= 0.6 is 11.6 Å². The summed E-state index contributed by atoms with van der Waals surface area (Å²) in [5.74, 6) is -0.925. The Bertz CT molecular complexity index is 565. The summed E-state index contributed by atoms with van der Waals surface area (Å²) >= 11 is 6.33. The third-order valence-electron chi connectivity index (χ3n) is 4.07. The van der Waals surface area contributed by atoms with Crippen molar-refractivity contribution >= 4 is 17.6 Å². The number of carbonyl (C=O) groups excluding carboxylic acids is 1. The van der Waals surface area contributed by atoms with E-state index in [0.717, 1.165) is 11.1 Å². The van der Waals surface area contributed by atoms with Gasteiger partial charge in [-0.3, -0.25) is 4.79 Å². The van der Waals surface area contributed by atoms with Crippen molar-refractivity contribution in [2.24, 2.45) is 5.92 Å². The molecule has 0 amide bonds. The maximum absolute atomic E-state index is 12.0. The number of hydrogen-bond donors (Lipinski definition) is 0. The minimum absolute atomic E-state index is 0.280. The monoisotopic (exact) mass is 312 g/mol. The predicted octanol–water partition coefficient (Wildman–Crippen LogP) is 2.28. The van der Waals surface area contributed by atoms with E-state index in [1.54, 1.807) is 19.2 Å². The largest absolute Gasteiger partial charge is 0.496 e. The second-order valence-electron chi connectivity index (χ2n) is 5.18. The first kappa shape index (κ1) is 14.6. The number of fused-ring (bicyclic) bond motifs is 2. The average molecular weight is 313 g/mol. The topological polar surface area (TPSA) is 54.0 Å². The van der Waals surface area contributed by atoms with Gasteiger partial charge in [0.05, 0.1) is 38.9 Å². The van der Waals surface area contributed by atoms with Crippen molar-refractivity contribution < 1.29 is 23.7 Å². The zero-order chi connectivity index (χ0) is 15.0. The highest BCUT2D eigenvalue weighted by Gasteiger charge is 2.50. The minimum Gasteiger partial charge on any atom is -0.496 e. The van der Waals surface area contributed by atoms with Crippen LogP contribution in [0.2, 0.25) is 5.02 Å². The highest BCUT2D eigenvalue weighted by atomic mass is 35.5. The van der Waals surface area contributed by atoms with E-state index in [1.165, 1.54) is 7.11 Å². The predicted molar refractivity (Wildman–Crippen MR) is 75.4 cm³/mol. The van der Waals surface area contributed by atoms with Gasteiger partial charge in [0.2, 0.25) is 0 Å². The van der Waals surface area contributed by atoms with Crippen molar-refractivity contribution in [3.8, 4) is 5.75 Å². The fourth-order valence-electron chi connectivity index (χ4n) is 3.18. The summed E-state index contributed by atoms with van der Waals surface area (Å²) in [7, 11) is 2.98. The first-order chi connectivity index (χ1) is 10.1. The van der Waals surface area contributed by atoms with E-state index in [1.807, 2.05) is 0 Å². The number of esters is 1. The molecule has 1 aromatic carbocycles. The SMILES string of the molecule is COC(=O)C1Cc2c(Cl)ccc(OC)c2C2(C1)OCCO2. The number of rotatable bonds is 2. The molecule has 1 aliphatic carbocycles. The Balaban J connectivity index is 2.14. The fourth-order valence-corrected chi connectivity index (χ4v) is 3.42. The van der Waals surface area contributed by atoms with Gasteiger partial charge in [-0.25, -0.2) is 0 Å². The summed E-state index contributed by atoms with van der Waals surface area (Å²) in [6.45, 7) is 0.950. The van der Waals surface area contributed by atoms with E-state index >= 15 is 0 Å². The van der Waals surface area contributed by atoms with E-state index < -0.39 is 5.79 Å². The van der Waals surface area contributed by atoms with Crippen LogP contribution in [0.1, 0.15) is 17.5 Å². The van der Waals surface area contributed by atoms with E-state index in [4.69, 9.17) is 30.5 Å². The Kier molecular flexibility index (Phi) is 3.82. The van der Waals surface area contributed by atoms with Gasteiger partial charge in [0.25, 0.3) is 0 Å². The lowest BCUT2D eigenvalue weighted by Gasteiger charge is -2.38. The maximum atomic E-state index is 12.0. The van der Waals surface area contributed by atoms with Crippen molar-refractivity contribution in [1.82, 2.24) is 0 Å². The number of carbonyl (C=O) groups is 1. The quantitative estimate of drug-likeness (QED) is 0.784. The summed E-state index contributed by atoms with van der Waals surface area (Å²) in [5.41, 5.74) is 1.63. The Labute approximate surface area is 128 Å². The van der Waals surface area contributed by atoms with Gasteiger partial charge in [0.1, 0.15) is 5.75 Å². The molecule has 0 aromatic heterocycles. The number of benzene rings is 1. The van der Waals surface area contributed by atoms with Gasteiger partial charge in [-0.2, -0.15) is 0 Å². The van der Waals surface area contributed by atoms with Crippen LogP contribution in [0.4, 0.5) is 0 Å². The van der Waals surface area contributed by atoms with Crippen LogP contribution in [0.3, 0.4) is 0 Å². The molecule has 1 spiro atoms. The molecule has 1 unspecified atom stereocenters. The van der Waals surface area contributed by atoms with Crippen molar-refractivity contribution in [2.45, 2.75) is 18.6 Å². The number of methoxy groups -OCH3 is 2. The van der Waals surface area contributed by atoms with Crippen LogP contribution in [0, 0.1) is 5.92 Å². The Morgan fingerprint density at radius 2 is 2.05 bits per heavy atom. The normalized spacial score (nSPS) is 22.9. The van der Waals surface area contributed by atoms with Gasteiger partial charge in [-0.1, -0.05) is 11.6 Å². The van der Waals surface area contributed by atoms with E-state index in [0.29, 0.717) is 36.8 Å². The zero-order valence-electron chi connectivity index (χ0n) is 12.0. The molecule has 0 saturated carbocycles. The van der Waals surface area contributed by atoms with Gasteiger partial charge in [0.15, 0.2) is 5.79 Å². The summed E-state index contributed by atoms with van der Waals surface area (Å²) in [6, 6.07) is 3.56. The van der Waals surface area contributed by atoms with Crippen LogP contribution in [0.25, 0.3) is 0 Å². The number of halogens is 1. The van der Waals surface area contributed by atoms with Gasteiger partial charge in [-0.05, 0) is 24.1 Å². The highest BCUT2D eigenvalue weighted by Crippen LogP contribution is 2.50. The molecule has 1 heterocycles. The van der Waals surface area contributed by atoms with E-state index in [2.05, 4.69) is 0 Å². The number of hydrogen-bond acceptors (Lipinski definition) is 5. The molecule has 2 aliphatic rings. The highest BCUT2D eigenvalue weighted by molar-refractivity contribution is 6.31. The van der Waals surface area contributed by atoms with Crippen LogP contribution in [0.15, 0.2) is 12.1 Å². The first-order valence-corrected chi connectivity index (χ1v) is 7.20. The van der Waals surface area contributed by atoms with Crippen LogP contribution in [-0.2, 0) is 31.2 Å². The second-order valence-corrected chi connectivity index (χ2v) is 5.59. The molecular weight excluding hydrogens is 296 g/mol. The molecule has 5 nitrogen and oxygen atoms in total. The van der Waals surface area contributed by atoms with Gasteiger partial charge >= 0.3 is 5.97 Å². The lowest BCUT2D eigenvalue weighted by molar-refractivity contribution is -0.191. The molecule has 1 saturated heterocycles. The molecule has 0 radical (unpaired) electrons. The smallest absolute Gasteiger partial charge is 0.309 e. The lowest BCUT2D eigenvalue weighted by Crippen LogP contribution is -2.39. The average Bonchev–Trinajstić information content (AvgIpc) is 2.96. The third-order valence-corrected chi connectivity index (χ3v) is 4.43. The molecule has 1 aliphatic heterocycles. The molecule has 6 heteroatoms. The molecule has 1 aromatic rings. The van der Waals surface area contributed by atoms with Crippen LogP contribution in [-0.4, -0.2) is 33.4 Å². The van der Waals surface area contributed by atoms with Crippen molar-refractivity contribution in [3.05, 3.63) is 28.3 Å². The molecule has 0 bridgehead atoms. The van der Waals surface area contributed by atoms with Crippen LogP contribution in [0.5, 0.6) is 5.75 Å². The second kappa shape index (κ2) is 5.48. The first-order valence-electron chi connectivity index (χ1n) is 6.83. The van der Waals surface area contributed by atoms with Crippen molar-refractivity contribution in [3.63, 3.8) is 0 Å². The lowest BCUT2D eigenvalue weighted by atomic mass is 9.79. The summed E-state index contributed by atoms with van der Waals surface area (Å²) < 4.78 is 22.0. The summed E-state index contributed by atoms with van der Waals surface area (Å²) in [4.78, 5) is 12.0. The maximum Gasteiger partial charge on any atom is 0.309 e. The molecule has 114 valence electrons. The van der Waals surface area contributed by atoms with Crippen molar-refractivity contribution in [1.29, 1.82) is 0 Å². The standard InChI is InChI=1S/C15H17ClO5/c1-18-12-4-3-11(16)10-7-9(14(17)19-2)8-15(13(10)12)20-5-6-21-15/h3-4,9H,5-8H2,1-2H3. The van der Waals surface area contributed by atoms with Crippen molar-refractivity contribution in [2.75, 3.05) is 27.4 Å². The molecule has 3 rings (SSSR count). The van der Waals surface area contributed by atoms with E-state index in [-0.39, 0.29) is 11.9 Å². The molecule has 1 fully saturated rings. The minimum atomic E-state index is -0.970. The van der Waals surface area contributed by atoms with Gasteiger partial charge in [-0.15, -0.1) is 0 Å². The van der Waals surface area contributed by atoms with E-state index in [9.17, 15) is 4.79 Å². The number of ether oxygens (including phenoxy) is 4. The summed E-state index contributed by atoms with van der Waals surface area (Å²) in [6.07, 6.45) is 0.899. The van der Waals surface area contributed by atoms with Gasteiger partial charge in [0, 0.05) is 11.4 Å². The molecular formula is C15H17ClO5. The summed E-state index contributed by atoms with van der Waals surface area (Å²) in [5, 5.41) is 0.581.